The second-order valence-electron chi connectivity index (χ2n) is 3.97. The van der Waals surface area contributed by atoms with Gasteiger partial charge in [-0.15, -0.1) is 0 Å². The third kappa shape index (κ3) is 4.81. The van der Waals surface area contributed by atoms with E-state index in [1.54, 1.807) is 12.3 Å². The number of rotatable bonds is 7. The molecule has 5 heteroatoms. The lowest BCUT2D eigenvalue weighted by molar-refractivity contribution is 0.478. The SMILES string of the molecule is CCCCS(=O)(=O)N[C@@H](C)Cc1ccco1. The molecule has 1 rings (SSSR count). The highest BCUT2D eigenvalue weighted by Crippen LogP contribution is 2.05. The van der Waals surface area contributed by atoms with Crippen molar-refractivity contribution in [2.45, 2.75) is 39.2 Å². The Bertz CT molecular complexity index is 383. The molecule has 1 atom stereocenters. The predicted molar refractivity (Wildman–Crippen MR) is 63.7 cm³/mol. The van der Waals surface area contributed by atoms with Gasteiger partial charge in [-0.1, -0.05) is 13.3 Å². The van der Waals surface area contributed by atoms with Crippen molar-refractivity contribution in [1.82, 2.24) is 4.72 Å². The summed E-state index contributed by atoms with van der Waals surface area (Å²) in [7, 11) is -3.14. The first-order valence-corrected chi connectivity index (χ1v) is 7.21. The molecule has 0 aliphatic rings. The Hall–Kier alpha value is -0.810. The minimum Gasteiger partial charge on any atom is -0.469 e. The van der Waals surface area contributed by atoms with Crippen molar-refractivity contribution < 1.29 is 12.8 Å². The summed E-state index contributed by atoms with van der Waals surface area (Å²) in [6, 6.07) is 3.51. The normalized spacial score (nSPS) is 13.9. The maximum Gasteiger partial charge on any atom is 0.211 e. The van der Waals surface area contributed by atoms with Crippen LogP contribution in [0.5, 0.6) is 0 Å². The molecule has 0 bridgehead atoms. The molecule has 0 aliphatic heterocycles. The third-order valence-corrected chi connectivity index (χ3v) is 3.82. The van der Waals surface area contributed by atoms with E-state index in [1.807, 2.05) is 19.9 Å². The number of hydrogen-bond donors (Lipinski definition) is 1. The fraction of sp³-hybridized carbons (Fsp3) is 0.636. The Morgan fingerprint density at radius 1 is 1.50 bits per heavy atom. The molecule has 0 spiro atoms. The van der Waals surface area contributed by atoms with E-state index in [-0.39, 0.29) is 11.8 Å². The van der Waals surface area contributed by atoms with E-state index in [9.17, 15) is 8.42 Å². The maximum atomic E-state index is 11.6. The summed E-state index contributed by atoms with van der Waals surface area (Å²) in [5, 5.41) is 0. The summed E-state index contributed by atoms with van der Waals surface area (Å²) in [6.07, 6.45) is 3.75. The van der Waals surface area contributed by atoms with Crippen LogP contribution in [0.15, 0.2) is 22.8 Å². The third-order valence-electron chi connectivity index (χ3n) is 2.23. The molecule has 0 unspecified atom stereocenters. The Morgan fingerprint density at radius 3 is 2.81 bits per heavy atom. The smallest absolute Gasteiger partial charge is 0.211 e. The first-order chi connectivity index (χ1) is 7.53. The molecule has 1 aromatic rings. The minimum absolute atomic E-state index is 0.131. The van der Waals surface area contributed by atoms with Crippen molar-refractivity contribution >= 4 is 10.0 Å². The molecule has 4 nitrogen and oxygen atoms in total. The Balaban J connectivity index is 2.41. The average Bonchev–Trinajstić information content (AvgIpc) is 2.66. The van der Waals surface area contributed by atoms with Crippen LogP contribution in [-0.2, 0) is 16.4 Å². The van der Waals surface area contributed by atoms with Gasteiger partial charge in [0, 0.05) is 12.5 Å². The van der Waals surface area contributed by atoms with Crippen LogP contribution in [0.25, 0.3) is 0 Å². The highest BCUT2D eigenvalue weighted by molar-refractivity contribution is 7.89. The van der Waals surface area contributed by atoms with Crippen molar-refractivity contribution in [3.05, 3.63) is 24.2 Å². The lowest BCUT2D eigenvalue weighted by Crippen LogP contribution is -2.35. The molecule has 0 aromatic carbocycles. The molecule has 0 saturated carbocycles. The maximum absolute atomic E-state index is 11.6. The summed E-state index contributed by atoms with van der Waals surface area (Å²) in [5.41, 5.74) is 0. The van der Waals surface area contributed by atoms with Crippen LogP contribution < -0.4 is 4.72 Å². The van der Waals surface area contributed by atoms with Crippen LogP contribution in [0.3, 0.4) is 0 Å². The topological polar surface area (TPSA) is 59.3 Å². The molecular weight excluding hydrogens is 226 g/mol. The van der Waals surface area contributed by atoms with E-state index < -0.39 is 10.0 Å². The molecule has 0 amide bonds. The number of furan rings is 1. The highest BCUT2D eigenvalue weighted by atomic mass is 32.2. The summed E-state index contributed by atoms with van der Waals surface area (Å²) in [4.78, 5) is 0. The molecule has 0 fully saturated rings. The fourth-order valence-corrected chi connectivity index (χ4v) is 2.95. The van der Waals surface area contributed by atoms with Gasteiger partial charge in [0.2, 0.25) is 10.0 Å². The van der Waals surface area contributed by atoms with Crippen molar-refractivity contribution in [2.24, 2.45) is 0 Å². The van der Waals surface area contributed by atoms with E-state index in [0.29, 0.717) is 12.8 Å². The number of sulfonamides is 1. The molecular formula is C11H19NO3S. The molecule has 1 heterocycles. The second kappa shape index (κ2) is 6.06. The zero-order valence-electron chi connectivity index (χ0n) is 9.77. The Kier molecular flexibility index (Phi) is 5.02. The van der Waals surface area contributed by atoms with E-state index in [0.717, 1.165) is 12.2 Å². The summed E-state index contributed by atoms with van der Waals surface area (Å²) >= 11 is 0. The van der Waals surface area contributed by atoms with Crippen LogP contribution >= 0.6 is 0 Å². The van der Waals surface area contributed by atoms with Gasteiger partial charge in [0.25, 0.3) is 0 Å². The van der Waals surface area contributed by atoms with Crippen LogP contribution in [0, 0.1) is 0 Å². The van der Waals surface area contributed by atoms with Gasteiger partial charge in [-0.3, -0.25) is 0 Å². The summed E-state index contributed by atoms with van der Waals surface area (Å²) < 4.78 is 31.0. The Morgan fingerprint density at radius 2 is 2.25 bits per heavy atom. The lowest BCUT2D eigenvalue weighted by Gasteiger charge is -2.12. The van der Waals surface area contributed by atoms with Gasteiger partial charge in [0.15, 0.2) is 0 Å². The van der Waals surface area contributed by atoms with Crippen molar-refractivity contribution in [3.63, 3.8) is 0 Å². The van der Waals surface area contributed by atoms with E-state index in [2.05, 4.69) is 4.72 Å². The largest absolute Gasteiger partial charge is 0.469 e. The Labute approximate surface area is 97.1 Å². The monoisotopic (exact) mass is 245 g/mol. The molecule has 1 N–H and O–H groups in total. The summed E-state index contributed by atoms with van der Waals surface area (Å²) in [5.74, 6) is 0.997. The predicted octanol–water partition coefficient (Wildman–Crippen LogP) is 1.93. The minimum atomic E-state index is -3.14. The first-order valence-electron chi connectivity index (χ1n) is 5.56. The summed E-state index contributed by atoms with van der Waals surface area (Å²) in [6.45, 7) is 3.81. The van der Waals surface area contributed by atoms with Crippen molar-refractivity contribution in [3.8, 4) is 0 Å². The second-order valence-corrected chi connectivity index (χ2v) is 5.85. The number of nitrogens with one attached hydrogen (secondary N) is 1. The van der Waals surface area contributed by atoms with Gasteiger partial charge in [-0.05, 0) is 25.5 Å². The van der Waals surface area contributed by atoms with Crippen LogP contribution in [0.4, 0.5) is 0 Å². The van der Waals surface area contributed by atoms with E-state index in [1.165, 1.54) is 0 Å². The van der Waals surface area contributed by atoms with Gasteiger partial charge >= 0.3 is 0 Å². The quantitative estimate of drug-likeness (QED) is 0.798. The van der Waals surface area contributed by atoms with Gasteiger partial charge in [0.1, 0.15) is 5.76 Å². The van der Waals surface area contributed by atoms with Crippen molar-refractivity contribution in [1.29, 1.82) is 0 Å². The molecule has 0 radical (unpaired) electrons. The van der Waals surface area contributed by atoms with Crippen LogP contribution in [-0.4, -0.2) is 20.2 Å². The van der Waals surface area contributed by atoms with Gasteiger partial charge in [-0.25, -0.2) is 13.1 Å². The zero-order valence-corrected chi connectivity index (χ0v) is 10.6. The fourth-order valence-electron chi connectivity index (χ4n) is 1.47. The molecule has 16 heavy (non-hydrogen) atoms. The standard InChI is InChI=1S/C11H19NO3S/c1-3-4-8-16(13,14)12-10(2)9-11-6-5-7-15-11/h5-7,10,12H,3-4,8-9H2,1-2H3/t10-/m0/s1. The van der Waals surface area contributed by atoms with Gasteiger partial charge in [-0.2, -0.15) is 0 Å². The number of hydrogen-bond acceptors (Lipinski definition) is 3. The van der Waals surface area contributed by atoms with Crippen LogP contribution in [0.1, 0.15) is 32.4 Å². The van der Waals surface area contributed by atoms with Crippen LogP contribution in [0.2, 0.25) is 0 Å². The van der Waals surface area contributed by atoms with Gasteiger partial charge in [0.05, 0.1) is 12.0 Å². The van der Waals surface area contributed by atoms with Crippen molar-refractivity contribution in [2.75, 3.05) is 5.75 Å². The average molecular weight is 245 g/mol. The van der Waals surface area contributed by atoms with E-state index >= 15 is 0 Å². The first kappa shape index (κ1) is 13.3. The lowest BCUT2D eigenvalue weighted by atomic mass is 10.2. The number of unbranched alkanes of at least 4 members (excludes halogenated alkanes) is 1. The zero-order chi connectivity index (χ0) is 12.0. The molecule has 92 valence electrons. The highest BCUT2D eigenvalue weighted by Gasteiger charge is 2.14. The molecule has 0 aliphatic carbocycles. The molecule has 0 saturated heterocycles. The molecule has 1 aromatic heterocycles. The van der Waals surface area contributed by atoms with Gasteiger partial charge < -0.3 is 4.42 Å². The van der Waals surface area contributed by atoms with E-state index in [4.69, 9.17) is 4.42 Å².